The van der Waals surface area contributed by atoms with Crippen molar-refractivity contribution in [3.8, 4) is 0 Å². The molecule has 0 rings (SSSR count). The Morgan fingerprint density at radius 3 is 0.821 bits per heavy atom. The molecule has 0 aliphatic heterocycles. The second kappa shape index (κ2) is 78.2. The van der Waals surface area contributed by atoms with Crippen molar-refractivity contribution in [2.45, 2.75) is 478 Å². The van der Waals surface area contributed by atoms with E-state index in [1.54, 1.807) is 0 Å². The molecule has 0 fully saturated rings. The third kappa shape index (κ3) is 72.5. The highest BCUT2D eigenvalue weighted by Gasteiger charge is 2.30. The fourth-order valence-corrected chi connectivity index (χ4v) is 15.9. The average Bonchev–Trinajstić information content (AvgIpc) is 0.876. The molecule has 0 aliphatic rings. The first kappa shape index (κ1) is 109. The summed E-state index contributed by atoms with van der Waals surface area (Å²) in [5.74, 6) is -0.649. The van der Waals surface area contributed by atoms with Gasteiger partial charge in [0.05, 0.1) is 38.5 Å². The minimum Gasteiger partial charge on any atom is -0.462 e. The Balaban J connectivity index is 5.96. The molecule has 0 radical (unpaired) electrons. The molecule has 23 heteroatoms. The number of phosphoric acid groups is 2. The van der Waals surface area contributed by atoms with Crippen molar-refractivity contribution in [3.05, 3.63) is 0 Å². The van der Waals surface area contributed by atoms with Crippen LogP contribution < -0.4 is 21.3 Å². The van der Waals surface area contributed by atoms with Crippen molar-refractivity contribution in [1.82, 2.24) is 31.1 Å². The van der Waals surface area contributed by atoms with Crippen LogP contribution in [-0.4, -0.2) is 151 Å². The zero-order chi connectivity index (χ0) is 82.7. The third-order valence-electron chi connectivity index (χ3n) is 21.6. The van der Waals surface area contributed by atoms with E-state index in [9.17, 15) is 42.9 Å². The molecule has 0 aromatic carbocycles. The van der Waals surface area contributed by atoms with Crippen molar-refractivity contribution in [2.75, 3.05) is 65.7 Å². The van der Waals surface area contributed by atoms with Crippen molar-refractivity contribution in [1.29, 1.82) is 0 Å². The van der Waals surface area contributed by atoms with Gasteiger partial charge in [-0.1, -0.05) is 324 Å². The first-order valence-corrected chi connectivity index (χ1v) is 49.8. The zero-order valence-corrected chi connectivity index (χ0v) is 75.8. The molecule has 6 atom stereocenters. The van der Waals surface area contributed by atoms with Gasteiger partial charge in [0.15, 0.2) is 0 Å². The number of carbonyl (C=O) groups is 5. The van der Waals surface area contributed by atoms with Crippen LogP contribution in [0.25, 0.3) is 0 Å². The summed E-state index contributed by atoms with van der Waals surface area (Å²) in [5, 5.41) is 11.3. The molecule has 0 bridgehead atoms. The number of phosphoric ester groups is 2. The predicted octanol–water partition coefficient (Wildman–Crippen LogP) is 23.5. The Morgan fingerprint density at radius 2 is 0.562 bits per heavy atom. The van der Waals surface area contributed by atoms with Gasteiger partial charge in [-0.05, 0) is 91.9 Å². The monoisotopic (exact) mass is 1630 g/mol. The van der Waals surface area contributed by atoms with E-state index in [0.717, 1.165) is 154 Å². The fraction of sp³-hybridized carbons (Fsp3) is 0.944. The molecule has 4 amide bonds. The molecule has 0 spiro atoms. The van der Waals surface area contributed by atoms with Crippen LogP contribution in [0.5, 0.6) is 0 Å². The van der Waals surface area contributed by atoms with Crippen LogP contribution in [0.1, 0.15) is 442 Å². The smallest absolute Gasteiger partial charge is 0.462 e. The summed E-state index contributed by atoms with van der Waals surface area (Å²) in [7, 11) is -9.42. The number of hydrogen-bond acceptors (Lipinski definition) is 15. The molecule has 0 aliphatic carbocycles. The summed E-state index contributed by atoms with van der Waals surface area (Å²) in [6.45, 7) is 21.5. The lowest BCUT2D eigenvalue weighted by atomic mass is 10.0. The lowest BCUT2D eigenvalue weighted by Crippen LogP contribution is -2.48. The summed E-state index contributed by atoms with van der Waals surface area (Å²) in [4.78, 5) is 93.1. The van der Waals surface area contributed by atoms with E-state index < -0.39 is 47.0 Å². The normalized spacial score (nSPS) is 14.0. The highest BCUT2D eigenvalue weighted by molar-refractivity contribution is 7.47. The number of nitrogens with one attached hydrogen (secondary N) is 4. The fourth-order valence-electron chi connectivity index (χ4n) is 14.4. The number of ether oxygens (including phenoxy) is 2. The Hall–Kier alpha value is -2.71. The van der Waals surface area contributed by atoms with Crippen molar-refractivity contribution < 1.29 is 70.5 Å². The van der Waals surface area contributed by atoms with Crippen LogP contribution in [-0.2, 0) is 55.9 Å². The van der Waals surface area contributed by atoms with E-state index in [1.165, 1.54) is 180 Å². The molecular formula is C89H178N6O15P2. The Morgan fingerprint density at radius 1 is 0.321 bits per heavy atom. The first-order chi connectivity index (χ1) is 54.1. The molecule has 664 valence electrons. The number of urea groups is 1. The third-order valence-corrected chi connectivity index (χ3v) is 23.5. The topological polar surface area (TPSA) is 270 Å². The molecule has 112 heavy (non-hydrogen) atoms. The molecule has 2 unspecified atom stereocenters. The molecule has 0 heterocycles. The Labute approximate surface area is 687 Å². The maximum Gasteiger partial charge on any atom is 0.472 e. The zero-order valence-electron chi connectivity index (χ0n) is 74.0. The Kier molecular flexibility index (Phi) is 76.3. The summed E-state index contributed by atoms with van der Waals surface area (Å²) < 4.78 is 61.1. The van der Waals surface area contributed by atoms with Gasteiger partial charge in [0.1, 0.15) is 12.2 Å². The number of nitrogens with zero attached hydrogens (tertiary/aromatic N) is 2. The summed E-state index contributed by atoms with van der Waals surface area (Å²) in [6, 6.07) is -2.04. The SMILES string of the molecule is CCCCCCCCCCCCCC(=O)N[C@@H](COP(=O)(O)OCCNC(=O)NCCOP(=O)(O)OC[C@@H](CN(CC[C@@H](CCCCCCC)OC(=O)CCCCCCCCCCC)C(C)C)NC(=O)CCCCCCCCCCCCC)CN(CC[C@@H](CCCCCCC)OC(=O)CCCCCCCCCCC)C(C)C. The molecule has 0 saturated carbocycles. The van der Waals surface area contributed by atoms with Crippen molar-refractivity contribution in [2.24, 2.45) is 0 Å². The number of amides is 4. The lowest BCUT2D eigenvalue weighted by molar-refractivity contribution is -0.151. The van der Waals surface area contributed by atoms with Gasteiger partial charge in [-0.2, -0.15) is 0 Å². The number of esters is 2. The van der Waals surface area contributed by atoms with Gasteiger partial charge in [-0.25, -0.2) is 13.9 Å². The summed E-state index contributed by atoms with van der Waals surface area (Å²) >= 11 is 0. The molecule has 0 aromatic heterocycles. The van der Waals surface area contributed by atoms with Gasteiger partial charge in [0, 0.05) is 77.0 Å². The second-order valence-corrected chi connectivity index (χ2v) is 35.9. The van der Waals surface area contributed by atoms with Gasteiger partial charge in [0.25, 0.3) is 0 Å². The molecule has 0 aromatic rings. The van der Waals surface area contributed by atoms with E-state index in [2.05, 4.69) is 100 Å². The van der Waals surface area contributed by atoms with Crippen molar-refractivity contribution in [3.63, 3.8) is 0 Å². The second-order valence-electron chi connectivity index (χ2n) is 33.0. The van der Waals surface area contributed by atoms with Gasteiger partial charge >= 0.3 is 33.6 Å². The van der Waals surface area contributed by atoms with Gasteiger partial charge in [-0.3, -0.25) is 47.1 Å². The van der Waals surface area contributed by atoms with Gasteiger partial charge < -0.3 is 40.5 Å². The maximum absolute atomic E-state index is 13.6. The maximum atomic E-state index is 13.6. The van der Waals surface area contributed by atoms with E-state index in [0.29, 0.717) is 64.7 Å². The predicted molar refractivity (Wildman–Crippen MR) is 464 cm³/mol. The lowest BCUT2D eigenvalue weighted by Gasteiger charge is -2.32. The molecular weight excluding hydrogens is 1450 g/mol. The number of carbonyl (C=O) groups excluding carboxylic acids is 5. The average molecular weight is 1630 g/mol. The van der Waals surface area contributed by atoms with Gasteiger partial charge in [-0.15, -0.1) is 0 Å². The van der Waals surface area contributed by atoms with E-state index >= 15 is 0 Å². The quantitative estimate of drug-likeness (QED) is 0.0188. The number of unbranched alkanes of at least 4 members (excludes halogenated alkanes) is 44. The summed E-state index contributed by atoms with van der Waals surface area (Å²) in [6.07, 6.45) is 61.1. The molecule has 0 saturated heterocycles. The van der Waals surface area contributed by atoms with Crippen LogP contribution in [0.2, 0.25) is 0 Å². The van der Waals surface area contributed by atoms with Crippen LogP contribution in [0.15, 0.2) is 0 Å². The Bertz CT molecular complexity index is 2130. The van der Waals surface area contributed by atoms with Crippen LogP contribution in [0, 0.1) is 0 Å². The summed E-state index contributed by atoms with van der Waals surface area (Å²) in [5.41, 5.74) is 0. The highest BCUT2D eigenvalue weighted by atomic mass is 31.2. The standard InChI is InChI=1S/C89H178N6O15P2/c1-11-17-23-29-33-37-39-43-45-51-57-63-85(96)92-81(75-94(79(7)8)71-67-83(61-55-49-27-21-15-5)109-87(98)65-59-53-47-41-35-31-25-19-13-3)77-107-111(101,102)105-73-69-90-89(100)91-70-74-106-112(103,104)108-78-82(93-86(97)64-58-52-46-44-40-38-34-30-24-18-12-2)76-95(80(9)10)72-68-84(62-56-50-28-22-16-6)110-88(99)66-60-54-48-42-36-32-26-20-14-4/h79-84H,11-78H2,1-10H3,(H,92,96)(H,93,97)(H,101,102)(H,103,104)(H2,90,91,100)/t81-,82-,83-,84-/m1/s1. The van der Waals surface area contributed by atoms with Crippen molar-refractivity contribution >= 4 is 45.4 Å². The number of rotatable bonds is 86. The first-order valence-electron chi connectivity index (χ1n) is 46.8. The highest BCUT2D eigenvalue weighted by Crippen LogP contribution is 2.44. The molecule has 6 N–H and O–H groups in total. The molecule has 21 nitrogen and oxygen atoms in total. The van der Waals surface area contributed by atoms with E-state index in [4.69, 9.17) is 27.6 Å². The van der Waals surface area contributed by atoms with Crippen LogP contribution in [0.3, 0.4) is 0 Å². The van der Waals surface area contributed by atoms with Crippen LogP contribution in [0.4, 0.5) is 4.79 Å². The minimum absolute atomic E-state index is 0.0138. The minimum atomic E-state index is -4.71. The number of hydrogen-bond donors (Lipinski definition) is 6. The largest absolute Gasteiger partial charge is 0.472 e. The van der Waals surface area contributed by atoms with Gasteiger partial charge in [0.2, 0.25) is 11.8 Å². The van der Waals surface area contributed by atoms with E-state index in [-0.39, 0.29) is 74.3 Å². The van der Waals surface area contributed by atoms with Crippen LogP contribution >= 0.6 is 15.6 Å². The van der Waals surface area contributed by atoms with E-state index in [1.807, 2.05) is 0 Å².